The van der Waals surface area contributed by atoms with E-state index in [-0.39, 0.29) is 11.1 Å². The number of benzene rings is 2. The van der Waals surface area contributed by atoms with Crippen LogP contribution in [0.1, 0.15) is 46.7 Å². The number of sulfonamides is 1. The maximum absolute atomic E-state index is 15.1. The van der Waals surface area contributed by atoms with Crippen molar-refractivity contribution in [2.45, 2.75) is 48.0 Å². The van der Waals surface area contributed by atoms with E-state index in [1.807, 2.05) is 0 Å². The summed E-state index contributed by atoms with van der Waals surface area (Å²) in [4.78, 5) is 26.9. The number of primary sulfonamides is 1. The van der Waals surface area contributed by atoms with Crippen LogP contribution in [0.15, 0.2) is 47.4 Å². The molecule has 4 rings (SSSR count). The highest BCUT2D eigenvalue weighted by atomic mass is 32.2. The van der Waals surface area contributed by atoms with Gasteiger partial charge in [0.05, 0.1) is 17.0 Å². The molecule has 13 heteroatoms. The van der Waals surface area contributed by atoms with Gasteiger partial charge in [0.15, 0.2) is 0 Å². The summed E-state index contributed by atoms with van der Waals surface area (Å²) in [5, 5.41) is 5.13. The lowest BCUT2D eigenvalue weighted by Gasteiger charge is -2.42. The van der Waals surface area contributed by atoms with Crippen LogP contribution in [-0.4, -0.2) is 43.4 Å². The van der Waals surface area contributed by atoms with Gasteiger partial charge in [0.1, 0.15) is 17.5 Å². The summed E-state index contributed by atoms with van der Waals surface area (Å²) in [6, 6.07) is 6.41. The number of halogens is 5. The molecule has 2 aromatic rings. The van der Waals surface area contributed by atoms with Gasteiger partial charge in [-0.2, -0.15) is 13.2 Å². The Morgan fingerprint density at radius 1 is 1.11 bits per heavy atom. The van der Waals surface area contributed by atoms with Crippen LogP contribution in [0.5, 0.6) is 0 Å². The summed E-state index contributed by atoms with van der Waals surface area (Å²) < 4.78 is 92.8. The maximum atomic E-state index is 15.1. The molecule has 2 aromatic carbocycles. The molecular formula is C23H22F5N3O4S. The van der Waals surface area contributed by atoms with Gasteiger partial charge in [-0.15, -0.1) is 0 Å². The van der Waals surface area contributed by atoms with Crippen molar-refractivity contribution in [3.63, 3.8) is 0 Å². The number of rotatable bonds is 6. The lowest BCUT2D eigenvalue weighted by Crippen LogP contribution is -2.60. The molecular weight excluding hydrogens is 509 g/mol. The fraction of sp³-hybridized carbons (Fsp3) is 0.391. The van der Waals surface area contributed by atoms with E-state index >= 15 is 4.39 Å². The molecule has 36 heavy (non-hydrogen) atoms. The Labute approximate surface area is 203 Å². The summed E-state index contributed by atoms with van der Waals surface area (Å²) in [6.07, 6.45) is -6.24. The predicted molar refractivity (Wildman–Crippen MR) is 117 cm³/mol. The van der Waals surface area contributed by atoms with E-state index < -0.39 is 80.8 Å². The molecule has 1 aliphatic heterocycles. The second-order valence-electron chi connectivity index (χ2n) is 9.13. The molecule has 2 fully saturated rings. The molecule has 7 nitrogen and oxygen atoms in total. The van der Waals surface area contributed by atoms with Crippen molar-refractivity contribution in [3.8, 4) is 0 Å². The molecule has 0 radical (unpaired) electrons. The van der Waals surface area contributed by atoms with E-state index in [2.05, 4.69) is 0 Å². The average Bonchev–Trinajstić information content (AvgIpc) is 3.55. The van der Waals surface area contributed by atoms with Crippen LogP contribution >= 0.6 is 0 Å². The zero-order chi connectivity index (χ0) is 26.6. The van der Waals surface area contributed by atoms with Crippen LogP contribution in [-0.2, 0) is 21.0 Å². The van der Waals surface area contributed by atoms with Gasteiger partial charge in [0, 0.05) is 17.9 Å². The summed E-state index contributed by atoms with van der Waals surface area (Å²) in [6.45, 7) is -0.604. The number of nitrogens with two attached hydrogens (primary N) is 2. The standard InChI is InChI=1S/C23H22F5N3O4S/c24-15-10-22(21(29)33,31(11-15)20(32)13-2-1-3-16(8-13)36(30,34)35)19(12-4-5-12)17-7-6-14(9-18(17)25)23(26,27)28/h1-3,6-9,12,15,19H,4-5,10-11H2,(H2,29,33)(H2,30,34,35)/t15?,19-,22+/m1/s1. The largest absolute Gasteiger partial charge is 0.416 e. The van der Waals surface area contributed by atoms with Gasteiger partial charge in [0.25, 0.3) is 5.91 Å². The summed E-state index contributed by atoms with van der Waals surface area (Å²) in [5.74, 6) is -5.01. The number of hydrogen-bond acceptors (Lipinski definition) is 4. The Hall–Kier alpha value is -3.06. The third-order valence-corrected chi connectivity index (χ3v) is 7.66. The lowest BCUT2D eigenvalue weighted by atomic mass is 9.73. The number of nitrogens with zero attached hydrogens (tertiary/aromatic N) is 1. The van der Waals surface area contributed by atoms with Crippen molar-refractivity contribution >= 4 is 21.8 Å². The van der Waals surface area contributed by atoms with Crippen molar-refractivity contribution in [1.82, 2.24) is 4.90 Å². The van der Waals surface area contributed by atoms with E-state index in [0.29, 0.717) is 25.0 Å². The Morgan fingerprint density at radius 3 is 2.31 bits per heavy atom. The topological polar surface area (TPSA) is 124 Å². The number of amides is 2. The quantitative estimate of drug-likeness (QED) is 0.556. The number of primary amides is 1. The van der Waals surface area contributed by atoms with E-state index in [9.17, 15) is 35.6 Å². The number of alkyl halides is 4. The first-order chi connectivity index (χ1) is 16.7. The molecule has 0 spiro atoms. The van der Waals surface area contributed by atoms with Gasteiger partial charge < -0.3 is 10.6 Å². The number of likely N-dealkylation sites (tertiary alicyclic amines) is 1. The number of carbonyl (C=O) groups is 2. The van der Waals surface area contributed by atoms with Crippen LogP contribution in [0.25, 0.3) is 0 Å². The zero-order valence-electron chi connectivity index (χ0n) is 18.6. The number of carbonyl (C=O) groups excluding carboxylic acids is 2. The van der Waals surface area contributed by atoms with Crippen LogP contribution in [0.2, 0.25) is 0 Å². The van der Waals surface area contributed by atoms with E-state index in [1.165, 1.54) is 12.1 Å². The SMILES string of the molecule is NC(=O)[C@@]1([C@@H](c2ccc(C(F)(F)F)cc2F)C2CC2)CC(F)CN1C(=O)c1cccc(S(N)(=O)=O)c1. The van der Waals surface area contributed by atoms with Crippen molar-refractivity contribution < 1.29 is 40.0 Å². The summed E-state index contributed by atoms with van der Waals surface area (Å²) >= 11 is 0. The first-order valence-corrected chi connectivity index (χ1v) is 12.5. The normalized spacial score (nSPS) is 23.5. The highest BCUT2D eigenvalue weighted by Crippen LogP contribution is 2.55. The lowest BCUT2D eigenvalue weighted by molar-refractivity contribution is -0.138. The molecule has 0 bridgehead atoms. The smallest absolute Gasteiger partial charge is 0.368 e. The van der Waals surface area contributed by atoms with Crippen LogP contribution in [0.4, 0.5) is 22.0 Å². The van der Waals surface area contributed by atoms with Gasteiger partial charge in [-0.1, -0.05) is 12.1 Å². The zero-order valence-corrected chi connectivity index (χ0v) is 19.5. The van der Waals surface area contributed by atoms with Crippen molar-refractivity contribution in [2.24, 2.45) is 16.8 Å². The first kappa shape index (κ1) is 26.0. The third-order valence-electron chi connectivity index (χ3n) is 6.75. The van der Waals surface area contributed by atoms with Gasteiger partial charge >= 0.3 is 6.18 Å². The fourth-order valence-corrected chi connectivity index (χ4v) is 5.63. The molecule has 1 unspecified atom stereocenters. The Bertz CT molecular complexity index is 1330. The molecule has 3 atom stereocenters. The monoisotopic (exact) mass is 531 g/mol. The van der Waals surface area contributed by atoms with Gasteiger partial charge in [0.2, 0.25) is 15.9 Å². The summed E-state index contributed by atoms with van der Waals surface area (Å²) in [7, 11) is -4.20. The minimum atomic E-state index is -4.82. The Balaban J connectivity index is 1.85. The van der Waals surface area contributed by atoms with Crippen LogP contribution in [0.3, 0.4) is 0 Å². The molecule has 2 amide bonds. The van der Waals surface area contributed by atoms with Gasteiger partial charge in [-0.05, 0) is 54.7 Å². The van der Waals surface area contributed by atoms with E-state index in [1.54, 1.807) is 0 Å². The molecule has 0 aromatic heterocycles. The predicted octanol–water partition coefficient (Wildman–Crippen LogP) is 3.09. The maximum Gasteiger partial charge on any atom is 0.416 e. The number of hydrogen-bond donors (Lipinski definition) is 2. The van der Waals surface area contributed by atoms with Gasteiger partial charge in [-0.3, -0.25) is 9.59 Å². The molecule has 1 heterocycles. The second-order valence-corrected chi connectivity index (χ2v) is 10.7. The molecule has 2 aliphatic rings. The molecule has 194 valence electrons. The molecule has 1 saturated heterocycles. The third kappa shape index (κ3) is 4.57. The summed E-state index contributed by atoms with van der Waals surface area (Å²) in [5.41, 5.74) is 1.88. The van der Waals surface area contributed by atoms with Gasteiger partial charge in [-0.25, -0.2) is 22.3 Å². The highest BCUT2D eigenvalue weighted by molar-refractivity contribution is 7.89. The average molecular weight is 532 g/mol. The van der Waals surface area contributed by atoms with Crippen molar-refractivity contribution in [3.05, 3.63) is 65.0 Å². The molecule has 4 N–H and O–H groups in total. The Morgan fingerprint density at radius 2 is 1.78 bits per heavy atom. The van der Waals surface area contributed by atoms with E-state index in [4.69, 9.17) is 10.9 Å². The Kier molecular flexibility index (Phi) is 6.36. The van der Waals surface area contributed by atoms with E-state index in [0.717, 1.165) is 23.1 Å². The fourth-order valence-electron chi connectivity index (χ4n) is 5.07. The first-order valence-electron chi connectivity index (χ1n) is 10.9. The molecule has 1 saturated carbocycles. The van der Waals surface area contributed by atoms with Crippen molar-refractivity contribution in [2.75, 3.05) is 6.54 Å². The minimum Gasteiger partial charge on any atom is -0.368 e. The molecule has 1 aliphatic carbocycles. The minimum absolute atomic E-state index is 0.233. The second kappa shape index (κ2) is 8.80. The van der Waals surface area contributed by atoms with Crippen LogP contribution < -0.4 is 10.9 Å². The van der Waals surface area contributed by atoms with Crippen molar-refractivity contribution in [1.29, 1.82) is 0 Å². The van der Waals surface area contributed by atoms with Crippen LogP contribution in [0, 0.1) is 11.7 Å². The highest BCUT2D eigenvalue weighted by Gasteiger charge is 2.61.